The van der Waals surface area contributed by atoms with Gasteiger partial charge in [-0.25, -0.2) is 4.79 Å². The molecule has 4 nitrogen and oxygen atoms in total. The standard InChI is InChI=1S/C13H23N3O/c1-6-14-11(13(3,4)5)9-16-8-7-10(2)15-12(16)17/h7-8,11,14H,6,9H2,1-5H3. The Bertz CT molecular complexity index is 417. The van der Waals surface area contributed by atoms with Crippen LogP contribution >= 0.6 is 0 Å². The van der Waals surface area contributed by atoms with Gasteiger partial charge >= 0.3 is 5.69 Å². The molecule has 0 fully saturated rings. The van der Waals surface area contributed by atoms with Gasteiger partial charge in [0.1, 0.15) is 0 Å². The van der Waals surface area contributed by atoms with Crippen LogP contribution in [0.3, 0.4) is 0 Å². The zero-order chi connectivity index (χ0) is 13.1. The Morgan fingerprint density at radius 2 is 2.12 bits per heavy atom. The van der Waals surface area contributed by atoms with Crippen molar-refractivity contribution in [1.82, 2.24) is 14.9 Å². The van der Waals surface area contributed by atoms with Gasteiger partial charge in [-0.3, -0.25) is 4.57 Å². The molecule has 0 bridgehead atoms. The van der Waals surface area contributed by atoms with E-state index in [1.54, 1.807) is 4.57 Å². The van der Waals surface area contributed by atoms with Crippen LogP contribution in [0, 0.1) is 12.3 Å². The zero-order valence-electron chi connectivity index (χ0n) is 11.4. The number of aromatic nitrogens is 2. The highest BCUT2D eigenvalue weighted by atomic mass is 16.1. The molecule has 1 heterocycles. The maximum Gasteiger partial charge on any atom is 0.347 e. The Hall–Kier alpha value is -1.16. The lowest BCUT2D eigenvalue weighted by atomic mass is 9.86. The van der Waals surface area contributed by atoms with Crippen molar-refractivity contribution in [3.63, 3.8) is 0 Å². The van der Waals surface area contributed by atoms with Gasteiger partial charge < -0.3 is 5.32 Å². The van der Waals surface area contributed by atoms with E-state index in [0.29, 0.717) is 6.54 Å². The fourth-order valence-electron chi connectivity index (χ4n) is 1.74. The number of rotatable bonds is 4. The Labute approximate surface area is 103 Å². The highest BCUT2D eigenvalue weighted by Crippen LogP contribution is 2.20. The Balaban J connectivity index is 2.90. The molecule has 1 N–H and O–H groups in total. The largest absolute Gasteiger partial charge is 0.347 e. The Morgan fingerprint density at radius 1 is 1.47 bits per heavy atom. The molecule has 0 spiro atoms. The van der Waals surface area contributed by atoms with Crippen LogP contribution < -0.4 is 11.0 Å². The average Bonchev–Trinajstić information content (AvgIpc) is 2.19. The number of hydrogen-bond donors (Lipinski definition) is 1. The summed E-state index contributed by atoms with van der Waals surface area (Å²) in [7, 11) is 0. The van der Waals surface area contributed by atoms with Crippen molar-refractivity contribution in [2.45, 2.75) is 47.2 Å². The summed E-state index contributed by atoms with van der Waals surface area (Å²) < 4.78 is 1.67. The molecule has 0 aliphatic heterocycles. The van der Waals surface area contributed by atoms with Gasteiger partial charge in [-0.15, -0.1) is 0 Å². The van der Waals surface area contributed by atoms with Crippen LogP contribution in [0.15, 0.2) is 17.1 Å². The topological polar surface area (TPSA) is 46.9 Å². The predicted octanol–water partition coefficient (Wildman–Crippen LogP) is 1.58. The zero-order valence-corrected chi connectivity index (χ0v) is 11.4. The van der Waals surface area contributed by atoms with Gasteiger partial charge in [0, 0.05) is 24.5 Å². The van der Waals surface area contributed by atoms with Crippen molar-refractivity contribution in [2.24, 2.45) is 5.41 Å². The van der Waals surface area contributed by atoms with Crippen LogP contribution in [0.1, 0.15) is 33.4 Å². The average molecular weight is 237 g/mol. The lowest BCUT2D eigenvalue weighted by Crippen LogP contribution is -2.45. The Morgan fingerprint density at radius 3 is 2.59 bits per heavy atom. The van der Waals surface area contributed by atoms with E-state index in [9.17, 15) is 4.79 Å². The van der Waals surface area contributed by atoms with E-state index in [1.807, 2.05) is 19.2 Å². The van der Waals surface area contributed by atoms with E-state index in [-0.39, 0.29) is 17.1 Å². The second kappa shape index (κ2) is 5.45. The molecule has 0 aromatic carbocycles. The van der Waals surface area contributed by atoms with Crippen LogP contribution in [-0.2, 0) is 6.54 Å². The first kappa shape index (κ1) is 13.9. The second-order valence-electron chi connectivity index (χ2n) is 5.48. The minimum atomic E-state index is -0.169. The SMILES string of the molecule is CCNC(Cn1ccc(C)nc1=O)C(C)(C)C. The fourth-order valence-corrected chi connectivity index (χ4v) is 1.74. The van der Waals surface area contributed by atoms with E-state index in [0.717, 1.165) is 12.2 Å². The van der Waals surface area contributed by atoms with Crippen molar-refractivity contribution in [1.29, 1.82) is 0 Å². The summed E-state index contributed by atoms with van der Waals surface area (Å²) in [5, 5.41) is 3.43. The molecule has 1 rings (SSSR count). The normalized spacial score (nSPS) is 13.7. The Kier molecular flexibility index (Phi) is 4.46. The predicted molar refractivity (Wildman–Crippen MR) is 70.2 cm³/mol. The molecule has 0 aliphatic rings. The van der Waals surface area contributed by atoms with Crippen LogP contribution in [0.2, 0.25) is 0 Å². The fraction of sp³-hybridized carbons (Fsp3) is 0.692. The van der Waals surface area contributed by atoms with Crippen LogP contribution in [0.25, 0.3) is 0 Å². The molecule has 1 atom stereocenters. The second-order valence-corrected chi connectivity index (χ2v) is 5.48. The third kappa shape index (κ3) is 3.97. The van der Waals surface area contributed by atoms with Crippen LogP contribution in [-0.4, -0.2) is 22.1 Å². The van der Waals surface area contributed by atoms with E-state index in [2.05, 4.69) is 38.0 Å². The maximum atomic E-state index is 11.7. The minimum absolute atomic E-state index is 0.111. The first-order chi connectivity index (χ1) is 7.84. The van der Waals surface area contributed by atoms with Crippen molar-refractivity contribution in [3.8, 4) is 0 Å². The number of hydrogen-bond acceptors (Lipinski definition) is 3. The molecule has 0 saturated carbocycles. The number of nitrogens with zero attached hydrogens (tertiary/aromatic N) is 2. The highest BCUT2D eigenvalue weighted by molar-refractivity contribution is 4.96. The quantitative estimate of drug-likeness (QED) is 0.864. The van der Waals surface area contributed by atoms with E-state index < -0.39 is 0 Å². The molecule has 0 saturated heterocycles. The van der Waals surface area contributed by atoms with Crippen LogP contribution in [0.4, 0.5) is 0 Å². The molecule has 1 unspecified atom stereocenters. The summed E-state index contributed by atoms with van der Waals surface area (Å²) in [6.45, 7) is 12.0. The van der Waals surface area contributed by atoms with Crippen LogP contribution in [0.5, 0.6) is 0 Å². The maximum absolute atomic E-state index is 11.7. The van der Waals surface area contributed by atoms with E-state index >= 15 is 0 Å². The molecular weight excluding hydrogens is 214 g/mol. The first-order valence-electron chi connectivity index (χ1n) is 6.12. The van der Waals surface area contributed by atoms with Gasteiger partial charge in [0.05, 0.1) is 0 Å². The summed E-state index contributed by atoms with van der Waals surface area (Å²) in [6.07, 6.45) is 1.82. The van der Waals surface area contributed by atoms with Gasteiger partial charge in [-0.1, -0.05) is 27.7 Å². The third-order valence-electron chi connectivity index (χ3n) is 2.89. The minimum Gasteiger partial charge on any atom is -0.312 e. The molecule has 1 aromatic heterocycles. The monoisotopic (exact) mass is 237 g/mol. The van der Waals surface area contributed by atoms with Crippen molar-refractivity contribution in [3.05, 3.63) is 28.4 Å². The number of likely N-dealkylation sites (N-methyl/N-ethyl adjacent to an activating group) is 1. The molecular formula is C13H23N3O. The lowest BCUT2D eigenvalue weighted by molar-refractivity contribution is 0.242. The summed E-state index contributed by atoms with van der Waals surface area (Å²) in [5.41, 5.74) is 0.708. The van der Waals surface area contributed by atoms with Crippen molar-refractivity contribution >= 4 is 0 Å². The summed E-state index contributed by atoms with van der Waals surface area (Å²) in [6, 6.07) is 2.13. The molecule has 17 heavy (non-hydrogen) atoms. The highest BCUT2D eigenvalue weighted by Gasteiger charge is 2.24. The molecule has 1 aromatic rings. The molecule has 96 valence electrons. The molecule has 0 aliphatic carbocycles. The molecule has 0 amide bonds. The summed E-state index contributed by atoms with van der Waals surface area (Å²) >= 11 is 0. The van der Waals surface area contributed by atoms with Crippen molar-refractivity contribution < 1.29 is 0 Å². The van der Waals surface area contributed by atoms with Gasteiger partial charge in [0.2, 0.25) is 0 Å². The lowest BCUT2D eigenvalue weighted by Gasteiger charge is -2.31. The van der Waals surface area contributed by atoms with E-state index in [4.69, 9.17) is 0 Å². The van der Waals surface area contributed by atoms with Crippen molar-refractivity contribution in [2.75, 3.05) is 6.54 Å². The van der Waals surface area contributed by atoms with Gasteiger partial charge in [-0.05, 0) is 24.9 Å². The van der Waals surface area contributed by atoms with E-state index in [1.165, 1.54) is 0 Å². The molecule has 0 radical (unpaired) electrons. The molecule has 4 heteroatoms. The summed E-state index contributed by atoms with van der Waals surface area (Å²) in [4.78, 5) is 15.7. The van der Waals surface area contributed by atoms with Gasteiger partial charge in [-0.2, -0.15) is 4.98 Å². The number of nitrogens with one attached hydrogen (secondary N) is 1. The van der Waals surface area contributed by atoms with Gasteiger partial charge in [0.25, 0.3) is 0 Å². The smallest absolute Gasteiger partial charge is 0.312 e. The first-order valence-corrected chi connectivity index (χ1v) is 6.12. The summed E-state index contributed by atoms with van der Waals surface area (Å²) in [5.74, 6) is 0. The van der Waals surface area contributed by atoms with Gasteiger partial charge in [0.15, 0.2) is 0 Å². The third-order valence-corrected chi connectivity index (χ3v) is 2.89. The number of aryl methyl sites for hydroxylation is 1.